The predicted octanol–water partition coefficient (Wildman–Crippen LogP) is 4.51. The standard InChI is InChI=1S/C21H32NO4PS/c1-21(22,14-16-27(23,24)25)13-12-20-11-10-19(28-20)9-5-6-15-26-17-18-7-3-2-4-8-18/h2-4,7-8,10-11H,5-6,9,12-17,22H2,1H3,(H2,23,24,25). The SMILES string of the molecule is CC(N)(CCc1ccc(CCCCOCc2ccccc2)s1)CCP(=O)(O)O. The van der Waals surface area contributed by atoms with Crippen LogP contribution in [0.5, 0.6) is 0 Å². The summed E-state index contributed by atoms with van der Waals surface area (Å²) in [5.74, 6) is 0. The molecule has 0 amide bonds. The molecule has 0 radical (unpaired) electrons. The number of nitrogens with two attached hydrogens (primary N) is 1. The van der Waals surface area contributed by atoms with E-state index in [2.05, 4.69) is 24.3 Å². The summed E-state index contributed by atoms with van der Waals surface area (Å²) in [6.45, 7) is 3.31. The van der Waals surface area contributed by atoms with Crippen LogP contribution in [-0.2, 0) is 28.8 Å². The first-order chi connectivity index (χ1) is 13.2. The molecule has 0 aliphatic rings. The van der Waals surface area contributed by atoms with Gasteiger partial charge in [-0.2, -0.15) is 0 Å². The first-order valence-electron chi connectivity index (χ1n) is 9.76. The maximum Gasteiger partial charge on any atom is 0.325 e. The molecular formula is C21H32NO4PS. The van der Waals surface area contributed by atoms with E-state index in [1.54, 1.807) is 0 Å². The fourth-order valence-corrected chi connectivity index (χ4v) is 4.76. The van der Waals surface area contributed by atoms with Crippen LogP contribution in [0.3, 0.4) is 0 Å². The van der Waals surface area contributed by atoms with Crippen molar-refractivity contribution in [3.63, 3.8) is 0 Å². The summed E-state index contributed by atoms with van der Waals surface area (Å²) in [5.41, 5.74) is 6.85. The van der Waals surface area contributed by atoms with Gasteiger partial charge in [0.05, 0.1) is 12.8 Å². The van der Waals surface area contributed by atoms with Gasteiger partial charge in [-0.25, -0.2) is 0 Å². The Labute approximate surface area is 172 Å². The van der Waals surface area contributed by atoms with E-state index in [-0.39, 0.29) is 6.16 Å². The number of hydrogen-bond acceptors (Lipinski definition) is 4. The van der Waals surface area contributed by atoms with Crippen molar-refractivity contribution in [1.29, 1.82) is 0 Å². The second kappa shape index (κ2) is 11.2. The highest BCUT2D eigenvalue weighted by atomic mass is 32.1. The molecule has 0 aliphatic heterocycles. The number of thiophene rings is 1. The second-order valence-corrected chi connectivity index (χ2v) is 10.7. The van der Waals surface area contributed by atoms with Gasteiger partial charge in [0.2, 0.25) is 0 Å². The lowest BCUT2D eigenvalue weighted by Crippen LogP contribution is -2.37. The van der Waals surface area contributed by atoms with Crippen molar-refractivity contribution in [2.75, 3.05) is 12.8 Å². The lowest BCUT2D eigenvalue weighted by Gasteiger charge is -2.24. The number of unbranched alkanes of at least 4 members (excludes halogenated alkanes) is 1. The van der Waals surface area contributed by atoms with Crippen LogP contribution >= 0.6 is 18.9 Å². The molecule has 0 fully saturated rings. The zero-order valence-electron chi connectivity index (χ0n) is 16.5. The molecule has 1 aromatic heterocycles. The van der Waals surface area contributed by atoms with Crippen LogP contribution in [-0.4, -0.2) is 28.1 Å². The highest BCUT2D eigenvalue weighted by Crippen LogP contribution is 2.37. The molecule has 5 nitrogen and oxygen atoms in total. The number of benzene rings is 1. The molecule has 1 unspecified atom stereocenters. The molecule has 156 valence electrons. The minimum atomic E-state index is -3.98. The topological polar surface area (TPSA) is 92.8 Å². The summed E-state index contributed by atoms with van der Waals surface area (Å²) in [6, 6.07) is 14.5. The Morgan fingerprint density at radius 2 is 1.71 bits per heavy atom. The van der Waals surface area contributed by atoms with Gasteiger partial charge in [0, 0.05) is 21.9 Å². The molecule has 2 aromatic rings. The normalized spacial score (nSPS) is 14.1. The van der Waals surface area contributed by atoms with Crippen molar-refractivity contribution < 1.29 is 19.1 Å². The zero-order valence-corrected chi connectivity index (χ0v) is 18.3. The molecule has 0 spiro atoms. The summed E-state index contributed by atoms with van der Waals surface area (Å²) < 4.78 is 16.7. The summed E-state index contributed by atoms with van der Waals surface area (Å²) in [5, 5.41) is 0. The summed E-state index contributed by atoms with van der Waals surface area (Å²) in [6.07, 6.45) is 4.95. The Bertz CT molecular complexity index is 742. The Morgan fingerprint density at radius 3 is 2.39 bits per heavy atom. The molecule has 0 saturated carbocycles. The van der Waals surface area contributed by atoms with Crippen LogP contribution in [0.25, 0.3) is 0 Å². The third kappa shape index (κ3) is 9.97. The van der Waals surface area contributed by atoms with Gasteiger partial charge >= 0.3 is 7.60 Å². The van der Waals surface area contributed by atoms with E-state index in [0.717, 1.165) is 38.7 Å². The highest BCUT2D eigenvalue weighted by molar-refractivity contribution is 7.51. The van der Waals surface area contributed by atoms with Crippen LogP contribution in [0.4, 0.5) is 0 Å². The van der Waals surface area contributed by atoms with Crippen molar-refractivity contribution in [2.24, 2.45) is 5.73 Å². The van der Waals surface area contributed by atoms with Gasteiger partial charge < -0.3 is 20.3 Å². The molecule has 2 rings (SSSR count). The number of aryl methyl sites for hydroxylation is 2. The van der Waals surface area contributed by atoms with E-state index >= 15 is 0 Å². The molecule has 0 aliphatic carbocycles. The Hall–Kier alpha value is -1.01. The molecule has 4 N–H and O–H groups in total. The highest BCUT2D eigenvalue weighted by Gasteiger charge is 2.23. The third-order valence-electron chi connectivity index (χ3n) is 4.71. The van der Waals surface area contributed by atoms with Gasteiger partial charge in [0.15, 0.2) is 0 Å². The van der Waals surface area contributed by atoms with Gasteiger partial charge in [-0.15, -0.1) is 11.3 Å². The molecule has 0 bridgehead atoms. The second-order valence-electron chi connectivity index (χ2n) is 7.66. The minimum absolute atomic E-state index is 0.151. The average Bonchev–Trinajstić information content (AvgIpc) is 3.10. The molecule has 7 heteroatoms. The fraction of sp³-hybridized carbons (Fsp3) is 0.524. The van der Waals surface area contributed by atoms with Crippen LogP contribution in [0.15, 0.2) is 42.5 Å². The van der Waals surface area contributed by atoms with Gasteiger partial charge in [-0.3, -0.25) is 4.57 Å². The minimum Gasteiger partial charge on any atom is -0.377 e. The van der Waals surface area contributed by atoms with Crippen molar-refractivity contribution in [3.05, 3.63) is 57.8 Å². The summed E-state index contributed by atoms with van der Waals surface area (Å²) in [7, 11) is -3.98. The zero-order chi connectivity index (χ0) is 20.5. The van der Waals surface area contributed by atoms with Gasteiger partial charge in [0.25, 0.3) is 0 Å². The Kier molecular flexibility index (Phi) is 9.35. The molecule has 1 heterocycles. The molecule has 0 saturated heterocycles. The smallest absolute Gasteiger partial charge is 0.325 e. The molecule has 28 heavy (non-hydrogen) atoms. The lowest BCUT2D eigenvalue weighted by molar-refractivity contribution is 0.117. The van der Waals surface area contributed by atoms with Gasteiger partial charge in [-0.1, -0.05) is 30.3 Å². The largest absolute Gasteiger partial charge is 0.377 e. The Balaban J connectivity index is 1.60. The number of ether oxygens (including phenoxy) is 1. The number of rotatable bonds is 13. The first kappa shape index (κ1) is 23.3. The van der Waals surface area contributed by atoms with Gasteiger partial charge in [0.1, 0.15) is 0 Å². The van der Waals surface area contributed by atoms with Crippen LogP contribution in [0, 0.1) is 0 Å². The monoisotopic (exact) mass is 425 g/mol. The Morgan fingerprint density at radius 1 is 1.04 bits per heavy atom. The fourth-order valence-electron chi connectivity index (χ4n) is 2.89. The maximum atomic E-state index is 11.0. The van der Waals surface area contributed by atoms with E-state index in [1.807, 2.05) is 36.5 Å². The van der Waals surface area contributed by atoms with Crippen molar-refractivity contribution in [1.82, 2.24) is 0 Å². The van der Waals surface area contributed by atoms with E-state index in [1.165, 1.54) is 15.3 Å². The maximum absolute atomic E-state index is 11.0. The van der Waals surface area contributed by atoms with Crippen LogP contribution < -0.4 is 5.73 Å². The van der Waals surface area contributed by atoms with E-state index in [4.69, 9.17) is 20.3 Å². The molecule has 1 aromatic carbocycles. The third-order valence-corrected chi connectivity index (χ3v) is 6.72. The van der Waals surface area contributed by atoms with E-state index < -0.39 is 13.1 Å². The van der Waals surface area contributed by atoms with E-state index in [9.17, 15) is 4.57 Å². The molecule has 1 atom stereocenters. The van der Waals surface area contributed by atoms with E-state index in [0.29, 0.717) is 13.0 Å². The van der Waals surface area contributed by atoms with Crippen molar-refractivity contribution >= 4 is 18.9 Å². The quantitative estimate of drug-likeness (QED) is 0.324. The molecular weight excluding hydrogens is 393 g/mol. The van der Waals surface area contributed by atoms with Crippen molar-refractivity contribution in [2.45, 2.75) is 57.6 Å². The average molecular weight is 426 g/mol. The number of hydrogen-bond donors (Lipinski definition) is 3. The van der Waals surface area contributed by atoms with Crippen molar-refractivity contribution in [3.8, 4) is 0 Å². The van der Waals surface area contributed by atoms with Gasteiger partial charge in [-0.05, 0) is 63.1 Å². The summed E-state index contributed by atoms with van der Waals surface area (Å²) in [4.78, 5) is 20.7. The van der Waals surface area contributed by atoms with Crippen LogP contribution in [0.1, 0.15) is 47.9 Å². The summed E-state index contributed by atoms with van der Waals surface area (Å²) >= 11 is 1.81. The first-order valence-corrected chi connectivity index (χ1v) is 12.4. The lowest BCUT2D eigenvalue weighted by atomic mass is 9.94. The predicted molar refractivity (Wildman–Crippen MR) is 116 cm³/mol. The van der Waals surface area contributed by atoms with Crippen LogP contribution in [0.2, 0.25) is 0 Å².